The highest BCUT2D eigenvalue weighted by molar-refractivity contribution is 14.0. The van der Waals surface area contributed by atoms with Crippen molar-refractivity contribution < 1.29 is 4.39 Å². The summed E-state index contributed by atoms with van der Waals surface area (Å²) in [6.07, 6.45) is 6.65. The minimum atomic E-state index is -0.199. The van der Waals surface area contributed by atoms with E-state index in [2.05, 4.69) is 20.5 Å². The summed E-state index contributed by atoms with van der Waals surface area (Å²) in [7, 11) is 1.78. The first-order chi connectivity index (χ1) is 11.2. The Morgan fingerprint density at radius 2 is 2.08 bits per heavy atom. The zero-order chi connectivity index (χ0) is 16.1. The number of benzene rings is 1. The van der Waals surface area contributed by atoms with Crippen LogP contribution in [0, 0.1) is 5.82 Å². The Hall–Kier alpha value is -0.890. The number of rotatable bonds is 4. The van der Waals surface area contributed by atoms with Gasteiger partial charge in [-0.25, -0.2) is 4.39 Å². The first kappa shape index (κ1) is 19.4. The van der Waals surface area contributed by atoms with Crippen LogP contribution in [0.25, 0.3) is 0 Å². The Morgan fingerprint density at radius 3 is 2.79 bits per heavy atom. The fraction of sp³-hybridized carbons (Fsp3) is 0.611. The van der Waals surface area contributed by atoms with E-state index in [-0.39, 0.29) is 29.8 Å². The summed E-state index contributed by atoms with van der Waals surface area (Å²) in [5.74, 6) is 0.600. The smallest absolute Gasteiger partial charge is 0.191 e. The van der Waals surface area contributed by atoms with E-state index >= 15 is 0 Å². The number of guanidine groups is 1. The van der Waals surface area contributed by atoms with Crippen molar-refractivity contribution in [1.29, 1.82) is 0 Å². The minimum Gasteiger partial charge on any atom is -0.352 e. The van der Waals surface area contributed by atoms with Crippen molar-refractivity contribution >= 4 is 29.9 Å². The molecule has 2 N–H and O–H groups in total. The van der Waals surface area contributed by atoms with Gasteiger partial charge in [0.05, 0.1) is 0 Å². The quantitative estimate of drug-likeness (QED) is 0.424. The summed E-state index contributed by atoms with van der Waals surface area (Å²) in [6.45, 7) is 2.87. The van der Waals surface area contributed by atoms with E-state index in [1.165, 1.54) is 38.3 Å². The van der Waals surface area contributed by atoms with Gasteiger partial charge in [0.1, 0.15) is 5.82 Å². The van der Waals surface area contributed by atoms with Crippen LogP contribution in [0.15, 0.2) is 29.3 Å². The molecule has 3 rings (SSSR count). The maximum Gasteiger partial charge on any atom is 0.191 e. The van der Waals surface area contributed by atoms with Gasteiger partial charge < -0.3 is 10.6 Å². The molecule has 0 aromatic heterocycles. The van der Waals surface area contributed by atoms with Gasteiger partial charge in [-0.3, -0.25) is 9.89 Å². The summed E-state index contributed by atoms with van der Waals surface area (Å²) < 4.78 is 13.2. The van der Waals surface area contributed by atoms with Gasteiger partial charge in [0.25, 0.3) is 0 Å². The van der Waals surface area contributed by atoms with E-state index in [0.29, 0.717) is 12.6 Å². The molecule has 1 aromatic carbocycles. The molecule has 0 spiro atoms. The number of likely N-dealkylation sites (tertiary alicyclic amines) is 1. The zero-order valence-corrected chi connectivity index (χ0v) is 16.6. The molecular weight excluding hydrogens is 418 g/mol. The molecule has 1 unspecified atom stereocenters. The van der Waals surface area contributed by atoms with Crippen molar-refractivity contribution in [3.05, 3.63) is 35.6 Å². The fourth-order valence-electron chi connectivity index (χ4n) is 3.73. The van der Waals surface area contributed by atoms with E-state index in [9.17, 15) is 4.39 Å². The summed E-state index contributed by atoms with van der Waals surface area (Å²) in [4.78, 5) is 6.92. The average molecular weight is 446 g/mol. The van der Waals surface area contributed by atoms with Crippen molar-refractivity contribution in [3.8, 4) is 0 Å². The van der Waals surface area contributed by atoms with Crippen molar-refractivity contribution in [3.63, 3.8) is 0 Å². The first-order valence-electron chi connectivity index (χ1n) is 8.70. The Morgan fingerprint density at radius 1 is 1.29 bits per heavy atom. The van der Waals surface area contributed by atoms with Crippen molar-refractivity contribution in [2.75, 3.05) is 20.1 Å². The summed E-state index contributed by atoms with van der Waals surface area (Å²) in [6, 6.07) is 7.92. The summed E-state index contributed by atoms with van der Waals surface area (Å²) >= 11 is 0. The van der Waals surface area contributed by atoms with Crippen LogP contribution in [0.3, 0.4) is 0 Å². The molecule has 0 amide bonds. The van der Waals surface area contributed by atoms with Crippen molar-refractivity contribution in [2.24, 2.45) is 4.99 Å². The number of aliphatic imine (C=N–C) groups is 1. The fourth-order valence-corrected chi connectivity index (χ4v) is 3.73. The largest absolute Gasteiger partial charge is 0.352 e. The third kappa shape index (κ3) is 5.31. The van der Waals surface area contributed by atoms with Crippen molar-refractivity contribution in [1.82, 2.24) is 15.5 Å². The lowest BCUT2D eigenvalue weighted by Crippen LogP contribution is -2.45. The molecule has 1 atom stereocenters. The van der Waals surface area contributed by atoms with Crippen LogP contribution < -0.4 is 10.6 Å². The molecule has 0 radical (unpaired) electrons. The molecule has 4 nitrogen and oxygen atoms in total. The SMILES string of the molecule is CN=C(NCc1cccc(F)c1)NC1CCN(C2CCCC2)C1.I. The van der Waals surface area contributed by atoms with Crippen LogP contribution >= 0.6 is 24.0 Å². The number of hydrogen-bond donors (Lipinski definition) is 2. The number of nitrogens with zero attached hydrogens (tertiary/aromatic N) is 2. The standard InChI is InChI=1S/C18H27FN4.HI/c1-20-18(21-12-14-5-4-6-15(19)11-14)22-16-9-10-23(13-16)17-7-2-3-8-17;/h4-6,11,16-17H,2-3,7-10,12-13H2,1H3,(H2,20,21,22);1H. The molecule has 1 heterocycles. The van der Waals surface area contributed by atoms with Gasteiger partial charge in [-0.15, -0.1) is 24.0 Å². The molecular formula is C18H28FIN4. The number of halogens is 2. The second-order valence-electron chi connectivity index (χ2n) is 6.62. The van der Waals surface area contributed by atoms with Gasteiger partial charge in [-0.05, 0) is 37.0 Å². The predicted molar refractivity (Wildman–Crippen MR) is 107 cm³/mol. The van der Waals surface area contributed by atoms with E-state index < -0.39 is 0 Å². The van der Waals surface area contributed by atoms with Crippen LogP contribution in [0.1, 0.15) is 37.7 Å². The van der Waals surface area contributed by atoms with Crippen LogP contribution in [0.2, 0.25) is 0 Å². The molecule has 1 saturated carbocycles. The molecule has 1 aromatic rings. The third-order valence-corrected chi connectivity index (χ3v) is 4.97. The average Bonchev–Trinajstić information content (AvgIpc) is 3.22. The highest BCUT2D eigenvalue weighted by Gasteiger charge is 2.30. The second-order valence-corrected chi connectivity index (χ2v) is 6.62. The molecule has 1 aliphatic heterocycles. The van der Waals surface area contributed by atoms with Gasteiger partial charge in [-0.1, -0.05) is 25.0 Å². The first-order valence-corrected chi connectivity index (χ1v) is 8.70. The normalized spacial score (nSPS) is 22.4. The number of hydrogen-bond acceptors (Lipinski definition) is 2. The Bertz CT molecular complexity index is 546. The Balaban J connectivity index is 0.00000208. The highest BCUT2D eigenvalue weighted by Crippen LogP contribution is 2.26. The zero-order valence-electron chi connectivity index (χ0n) is 14.3. The maximum atomic E-state index is 13.2. The summed E-state index contributed by atoms with van der Waals surface area (Å²) in [5, 5.41) is 6.79. The maximum absolute atomic E-state index is 13.2. The Labute approximate surface area is 161 Å². The molecule has 134 valence electrons. The van der Waals surface area contributed by atoms with Gasteiger partial charge in [0.2, 0.25) is 0 Å². The van der Waals surface area contributed by atoms with E-state index in [1.807, 2.05) is 6.07 Å². The lowest BCUT2D eigenvalue weighted by atomic mass is 10.2. The van der Waals surface area contributed by atoms with Gasteiger partial charge >= 0.3 is 0 Å². The lowest BCUT2D eigenvalue weighted by Gasteiger charge is -2.24. The molecule has 24 heavy (non-hydrogen) atoms. The lowest BCUT2D eigenvalue weighted by molar-refractivity contribution is 0.242. The molecule has 6 heteroatoms. The van der Waals surface area contributed by atoms with Crippen LogP contribution in [0.5, 0.6) is 0 Å². The molecule has 1 aliphatic carbocycles. The number of nitrogens with one attached hydrogen (secondary N) is 2. The van der Waals surface area contributed by atoms with Gasteiger partial charge in [0, 0.05) is 38.8 Å². The van der Waals surface area contributed by atoms with Gasteiger partial charge in [-0.2, -0.15) is 0 Å². The Kier molecular flexibility index (Phi) is 7.74. The van der Waals surface area contributed by atoms with E-state index in [4.69, 9.17) is 0 Å². The summed E-state index contributed by atoms with van der Waals surface area (Å²) in [5.41, 5.74) is 0.923. The second kappa shape index (κ2) is 9.56. The highest BCUT2D eigenvalue weighted by atomic mass is 127. The van der Waals surface area contributed by atoms with Crippen LogP contribution in [-0.4, -0.2) is 43.1 Å². The topological polar surface area (TPSA) is 39.7 Å². The van der Waals surface area contributed by atoms with Crippen LogP contribution in [-0.2, 0) is 6.54 Å². The molecule has 2 fully saturated rings. The van der Waals surface area contributed by atoms with E-state index in [1.54, 1.807) is 19.2 Å². The minimum absolute atomic E-state index is 0. The monoisotopic (exact) mass is 446 g/mol. The molecule has 1 saturated heterocycles. The van der Waals surface area contributed by atoms with Crippen molar-refractivity contribution in [2.45, 2.75) is 50.7 Å². The molecule has 0 bridgehead atoms. The molecule has 2 aliphatic rings. The van der Waals surface area contributed by atoms with Crippen LogP contribution in [0.4, 0.5) is 4.39 Å². The van der Waals surface area contributed by atoms with E-state index in [0.717, 1.165) is 30.5 Å². The predicted octanol–water partition coefficient (Wildman–Crippen LogP) is 3.13. The van der Waals surface area contributed by atoms with Gasteiger partial charge in [0.15, 0.2) is 5.96 Å². The third-order valence-electron chi connectivity index (χ3n) is 4.97.